The molecule has 1 aliphatic rings. The number of ether oxygens (including phenoxy) is 2. The van der Waals surface area contributed by atoms with Crippen LogP contribution in [0.5, 0.6) is 11.5 Å². The Kier molecular flexibility index (Phi) is 5.26. The lowest BCUT2D eigenvalue weighted by Crippen LogP contribution is -2.08. The van der Waals surface area contributed by atoms with E-state index in [9.17, 15) is 4.79 Å². The molecule has 3 aromatic rings. The van der Waals surface area contributed by atoms with Gasteiger partial charge in [0.15, 0.2) is 0 Å². The first-order valence-corrected chi connectivity index (χ1v) is 9.55. The van der Waals surface area contributed by atoms with Gasteiger partial charge in [-0.05, 0) is 48.0 Å². The van der Waals surface area contributed by atoms with Crippen LogP contribution in [0.15, 0.2) is 88.7 Å². The molecular weight excluding hydrogens is 356 g/mol. The molecule has 0 aromatic heterocycles. The quantitative estimate of drug-likeness (QED) is 0.423. The summed E-state index contributed by atoms with van der Waals surface area (Å²) in [6, 6.07) is 25.1. The molecule has 3 nitrogen and oxygen atoms in total. The van der Waals surface area contributed by atoms with E-state index in [-0.39, 0.29) is 5.78 Å². The number of rotatable bonds is 6. The predicted octanol–water partition coefficient (Wildman–Crippen LogP) is 5.47. The molecule has 0 saturated heterocycles. The lowest BCUT2D eigenvalue weighted by Gasteiger charge is -2.09. The van der Waals surface area contributed by atoms with Crippen LogP contribution >= 0.6 is 11.8 Å². The fraction of sp³-hybridized carbons (Fsp3) is 0.0870. The molecule has 0 N–H and O–H groups in total. The van der Waals surface area contributed by atoms with Crippen molar-refractivity contribution in [2.45, 2.75) is 4.90 Å². The first-order chi connectivity index (χ1) is 13.3. The Morgan fingerprint density at radius 2 is 1.48 bits per heavy atom. The van der Waals surface area contributed by atoms with Gasteiger partial charge in [-0.2, -0.15) is 0 Å². The van der Waals surface area contributed by atoms with Gasteiger partial charge in [-0.15, -0.1) is 0 Å². The average molecular weight is 374 g/mol. The Balaban J connectivity index is 1.38. The number of carbonyl (C=O) groups is 1. The second-order valence-corrected chi connectivity index (χ2v) is 7.10. The topological polar surface area (TPSA) is 35.5 Å². The molecule has 4 rings (SSSR count). The van der Waals surface area contributed by atoms with Gasteiger partial charge in [0.05, 0.1) is 4.91 Å². The van der Waals surface area contributed by atoms with Gasteiger partial charge in [-0.25, -0.2) is 0 Å². The minimum absolute atomic E-state index is 0.0817. The maximum absolute atomic E-state index is 12.5. The summed E-state index contributed by atoms with van der Waals surface area (Å²) in [7, 11) is 0. The summed E-state index contributed by atoms with van der Waals surface area (Å²) in [5.74, 6) is 1.67. The number of para-hydroxylation sites is 1. The second-order valence-electron chi connectivity index (χ2n) is 6.02. The van der Waals surface area contributed by atoms with E-state index in [1.165, 1.54) is 11.8 Å². The van der Waals surface area contributed by atoms with E-state index in [4.69, 9.17) is 9.47 Å². The Labute approximate surface area is 162 Å². The minimum Gasteiger partial charge on any atom is -0.490 e. The number of Topliss-reactive ketones (excluding diaryl/α,β-unsaturated/α-hetero) is 1. The largest absolute Gasteiger partial charge is 0.490 e. The molecule has 134 valence electrons. The van der Waals surface area contributed by atoms with Crippen molar-refractivity contribution in [3.8, 4) is 11.5 Å². The highest BCUT2D eigenvalue weighted by Crippen LogP contribution is 2.40. The van der Waals surface area contributed by atoms with E-state index in [1.54, 1.807) is 0 Å². The molecule has 3 aromatic carbocycles. The molecule has 1 heterocycles. The smallest absolute Gasteiger partial charge is 0.200 e. The van der Waals surface area contributed by atoms with E-state index in [2.05, 4.69) is 0 Å². The van der Waals surface area contributed by atoms with Gasteiger partial charge in [0, 0.05) is 10.5 Å². The third-order valence-electron chi connectivity index (χ3n) is 4.10. The van der Waals surface area contributed by atoms with E-state index in [0.717, 1.165) is 32.4 Å². The van der Waals surface area contributed by atoms with Crippen LogP contribution in [0.1, 0.15) is 15.9 Å². The number of fused-ring (bicyclic) bond motifs is 1. The van der Waals surface area contributed by atoms with Crippen LogP contribution in [0, 0.1) is 0 Å². The molecule has 0 saturated carbocycles. The number of hydrogen-bond donors (Lipinski definition) is 0. The van der Waals surface area contributed by atoms with Gasteiger partial charge >= 0.3 is 0 Å². The van der Waals surface area contributed by atoms with Crippen molar-refractivity contribution in [1.82, 2.24) is 0 Å². The summed E-state index contributed by atoms with van der Waals surface area (Å²) < 4.78 is 11.4. The van der Waals surface area contributed by atoms with Crippen LogP contribution in [0.25, 0.3) is 6.08 Å². The predicted molar refractivity (Wildman–Crippen MR) is 108 cm³/mol. The molecule has 0 unspecified atom stereocenters. The molecule has 27 heavy (non-hydrogen) atoms. The van der Waals surface area contributed by atoms with Gasteiger partial charge < -0.3 is 9.47 Å². The lowest BCUT2D eigenvalue weighted by molar-refractivity contribution is 0.104. The van der Waals surface area contributed by atoms with E-state index in [0.29, 0.717) is 13.2 Å². The molecule has 0 bridgehead atoms. The molecule has 0 radical (unpaired) electrons. The number of thioether (sulfide) groups is 1. The molecule has 0 spiro atoms. The van der Waals surface area contributed by atoms with Crippen LogP contribution < -0.4 is 9.47 Å². The number of benzene rings is 3. The Bertz CT molecular complexity index is 980. The molecule has 4 heteroatoms. The minimum atomic E-state index is 0.0817. The van der Waals surface area contributed by atoms with Crippen molar-refractivity contribution in [2.75, 3.05) is 13.2 Å². The van der Waals surface area contributed by atoms with Crippen LogP contribution in [0.3, 0.4) is 0 Å². The van der Waals surface area contributed by atoms with E-state index < -0.39 is 0 Å². The Morgan fingerprint density at radius 1 is 0.778 bits per heavy atom. The Hall–Kier alpha value is -2.98. The lowest BCUT2D eigenvalue weighted by atomic mass is 10.1. The summed E-state index contributed by atoms with van der Waals surface area (Å²) in [4.78, 5) is 14.2. The SMILES string of the molecule is O=C1/C(=C/c2cccc(OCCOc3ccccc3)c2)Sc2ccccc21. The summed E-state index contributed by atoms with van der Waals surface area (Å²) in [5, 5.41) is 0. The monoisotopic (exact) mass is 374 g/mol. The van der Waals surface area contributed by atoms with Crippen LogP contribution in [-0.4, -0.2) is 19.0 Å². The molecule has 0 amide bonds. The highest BCUT2D eigenvalue weighted by atomic mass is 32.2. The van der Waals surface area contributed by atoms with E-state index >= 15 is 0 Å². The zero-order chi connectivity index (χ0) is 18.5. The molecule has 1 aliphatic heterocycles. The van der Waals surface area contributed by atoms with Gasteiger partial charge in [-0.3, -0.25) is 4.79 Å². The first-order valence-electron chi connectivity index (χ1n) is 8.73. The number of hydrogen-bond acceptors (Lipinski definition) is 4. The molecule has 0 fully saturated rings. The van der Waals surface area contributed by atoms with Crippen molar-refractivity contribution < 1.29 is 14.3 Å². The second kappa shape index (κ2) is 8.14. The molecule has 0 atom stereocenters. The third-order valence-corrected chi connectivity index (χ3v) is 5.19. The maximum atomic E-state index is 12.5. The maximum Gasteiger partial charge on any atom is 0.200 e. The third kappa shape index (κ3) is 4.23. The van der Waals surface area contributed by atoms with Crippen LogP contribution in [0.4, 0.5) is 0 Å². The average Bonchev–Trinajstić information content (AvgIpc) is 3.02. The van der Waals surface area contributed by atoms with Gasteiger partial charge in [0.25, 0.3) is 0 Å². The highest BCUT2D eigenvalue weighted by Gasteiger charge is 2.25. The van der Waals surface area contributed by atoms with E-state index in [1.807, 2.05) is 84.9 Å². The van der Waals surface area contributed by atoms with Crippen molar-refractivity contribution in [3.05, 3.63) is 94.9 Å². The summed E-state index contributed by atoms with van der Waals surface area (Å²) in [5.41, 5.74) is 1.72. The number of ketones is 1. The fourth-order valence-corrected chi connectivity index (χ4v) is 3.87. The number of allylic oxidation sites excluding steroid dienone is 1. The van der Waals surface area contributed by atoms with Crippen molar-refractivity contribution in [1.29, 1.82) is 0 Å². The van der Waals surface area contributed by atoms with Crippen molar-refractivity contribution in [2.24, 2.45) is 0 Å². The molecular formula is C23H18O3S. The zero-order valence-corrected chi connectivity index (χ0v) is 15.4. The van der Waals surface area contributed by atoms with Crippen molar-refractivity contribution >= 4 is 23.6 Å². The van der Waals surface area contributed by atoms with Gasteiger partial charge in [0.1, 0.15) is 24.7 Å². The van der Waals surface area contributed by atoms with Crippen molar-refractivity contribution in [3.63, 3.8) is 0 Å². The zero-order valence-electron chi connectivity index (χ0n) is 14.6. The normalized spacial score (nSPS) is 14.2. The number of carbonyl (C=O) groups excluding carboxylic acids is 1. The summed E-state index contributed by atoms with van der Waals surface area (Å²) >= 11 is 1.51. The van der Waals surface area contributed by atoms with Gasteiger partial charge in [-0.1, -0.05) is 54.2 Å². The fourth-order valence-electron chi connectivity index (χ4n) is 2.82. The van der Waals surface area contributed by atoms with Crippen LogP contribution in [0.2, 0.25) is 0 Å². The Morgan fingerprint density at radius 3 is 2.30 bits per heavy atom. The van der Waals surface area contributed by atoms with Gasteiger partial charge in [0.2, 0.25) is 5.78 Å². The summed E-state index contributed by atoms with van der Waals surface area (Å²) in [6.45, 7) is 0.924. The standard InChI is InChI=1S/C23H18O3S/c24-23-20-11-4-5-12-21(20)27-22(23)16-17-7-6-10-19(15-17)26-14-13-25-18-8-2-1-3-9-18/h1-12,15-16H,13-14H2/b22-16-. The first kappa shape index (κ1) is 17.4. The van der Waals surface area contributed by atoms with Crippen LogP contribution in [-0.2, 0) is 0 Å². The highest BCUT2D eigenvalue weighted by molar-refractivity contribution is 8.04. The molecule has 0 aliphatic carbocycles. The summed E-state index contributed by atoms with van der Waals surface area (Å²) in [6.07, 6.45) is 1.92.